The first-order chi connectivity index (χ1) is 15.4. The Bertz CT molecular complexity index is 1110. The molecule has 1 aromatic heterocycles. The van der Waals surface area contributed by atoms with Crippen LogP contribution in [0.4, 0.5) is 4.39 Å². The fraction of sp³-hybridized carbons (Fsp3) is 0.182. The third-order valence-corrected chi connectivity index (χ3v) is 7.24. The number of β-lactam (4-membered cyclic amide) rings is 1. The van der Waals surface area contributed by atoms with E-state index < -0.39 is 29.1 Å². The number of halogens is 1. The molecule has 2 atom stereocenters. The Hall–Kier alpha value is -3.11. The second-order valence-corrected chi connectivity index (χ2v) is 9.15. The zero-order chi connectivity index (χ0) is 22.7. The van der Waals surface area contributed by atoms with Gasteiger partial charge in [0, 0.05) is 23.1 Å². The average molecular weight is 472 g/mol. The lowest BCUT2D eigenvalue weighted by molar-refractivity contribution is -0.150. The summed E-state index contributed by atoms with van der Waals surface area (Å²) in [5, 5.41) is 13.7. The molecular formula is C22H18FN3O4S2. The summed E-state index contributed by atoms with van der Waals surface area (Å²) in [6.07, 6.45) is 5.17. The quantitative estimate of drug-likeness (QED) is 0.599. The lowest BCUT2D eigenvalue weighted by Gasteiger charge is -2.49. The number of hydrogen-bond acceptors (Lipinski definition) is 6. The van der Waals surface area contributed by atoms with Crippen LogP contribution in [0.1, 0.15) is 11.1 Å². The summed E-state index contributed by atoms with van der Waals surface area (Å²) in [5.74, 6) is -2.01. The van der Waals surface area contributed by atoms with E-state index in [1.165, 1.54) is 52.7 Å². The zero-order valence-corrected chi connectivity index (χ0v) is 18.2. The number of carbonyl (C=O) groups is 3. The van der Waals surface area contributed by atoms with Gasteiger partial charge in [-0.25, -0.2) is 9.18 Å². The van der Waals surface area contributed by atoms with E-state index in [1.807, 2.05) is 12.1 Å². The SMILES string of the molecule is O=C(Cc1ccc(F)cc1)N[C@@H]1C(=O)N2C(C(=O)O)=C(S/C=C\c3cccnc3)CS[C@H]12. The number of nitrogens with zero attached hydrogens (tertiary/aromatic N) is 2. The Morgan fingerprint density at radius 1 is 1.31 bits per heavy atom. The standard InChI is InChI=1S/C22H18FN3O4S2/c23-15-5-3-13(4-6-15)10-17(27)25-18-20(28)26-19(22(29)30)16(12-32-21(18)26)31-9-7-14-2-1-8-24-11-14/h1-9,11,18,21H,10,12H2,(H,25,27)(H,29,30)/b9-7-/t18-,21-/m1/s1. The van der Waals surface area contributed by atoms with E-state index in [1.54, 1.807) is 23.9 Å². The summed E-state index contributed by atoms with van der Waals surface area (Å²) in [7, 11) is 0. The zero-order valence-electron chi connectivity index (χ0n) is 16.6. The van der Waals surface area contributed by atoms with Gasteiger partial charge in [0.25, 0.3) is 5.91 Å². The van der Waals surface area contributed by atoms with Crippen molar-refractivity contribution in [3.8, 4) is 0 Å². The molecule has 2 amide bonds. The summed E-state index contributed by atoms with van der Waals surface area (Å²) >= 11 is 2.65. The van der Waals surface area contributed by atoms with Crippen LogP contribution >= 0.6 is 23.5 Å². The molecule has 0 bridgehead atoms. The highest BCUT2D eigenvalue weighted by atomic mass is 32.2. The molecule has 2 aliphatic heterocycles. The maximum atomic E-state index is 13.0. The number of hydrogen-bond donors (Lipinski definition) is 2. The molecule has 10 heteroatoms. The molecule has 0 aliphatic carbocycles. The van der Waals surface area contributed by atoms with Crippen molar-refractivity contribution in [2.24, 2.45) is 0 Å². The van der Waals surface area contributed by atoms with Gasteiger partial charge in [-0.05, 0) is 40.8 Å². The summed E-state index contributed by atoms with van der Waals surface area (Å²) in [4.78, 5) is 42.8. The number of carboxylic acids is 1. The molecule has 0 spiro atoms. The van der Waals surface area contributed by atoms with Gasteiger partial charge in [0.05, 0.1) is 6.42 Å². The van der Waals surface area contributed by atoms with Gasteiger partial charge in [0.1, 0.15) is 22.9 Å². The number of thioether (sulfide) groups is 2. The van der Waals surface area contributed by atoms with Crippen LogP contribution < -0.4 is 5.32 Å². The Morgan fingerprint density at radius 2 is 2.09 bits per heavy atom. The molecule has 2 N–H and O–H groups in total. The fourth-order valence-electron chi connectivity index (χ4n) is 3.36. The Kier molecular flexibility index (Phi) is 6.61. The molecule has 2 aliphatic rings. The number of rotatable bonds is 7. The third-order valence-electron chi connectivity index (χ3n) is 4.89. The highest BCUT2D eigenvalue weighted by Crippen LogP contribution is 2.43. The second kappa shape index (κ2) is 9.58. The van der Waals surface area contributed by atoms with Gasteiger partial charge in [-0.3, -0.25) is 19.5 Å². The van der Waals surface area contributed by atoms with Gasteiger partial charge in [0.15, 0.2) is 0 Å². The van der Waals surface area contributed by atoms with E-state index in [4.69, 9.17) is 0 Å². The molecular weight excluding hydrogens is 453 g/mol. The molecule has 164 valence electrons. The van der Waals surface area contributed by atoms with E-state index in [0.29, 0.717) is 16.2 Å². The van der Waals surface area contributed by atoms with Crippen LogP contribution in [0.25, 0.3) is 6.08 Å². The van der Waals surface area contributed by atoms with Crippen LogP contribution in [0.3, 0.4) is 0 Å². The van der Waals surface area contributed by atoms with Crippen LogP contribution in [0, 0.1) is 5.82 Å². The third kappa shape index (κ3) is 4.71. The van der Waals surface area contributed by atoms with Gasteiger partial charge >= 0.3 is 5.97 Å². The van der Waals surface area contributed by atoms with Crippen molar-refractivity contribution in [2.45, 2.75) is 17.8 Å². The van der Waals surface area contributed by atoms with E-state index in [-0.39, 0.29) is 18.0 Å². The van der Waals surface area contributed by atoms with Gasteiger partial charge in [-0.1, -0.05) is 30.0 Å². The number of nitrogens with one attached hydrogen (secondary N) is 1. The predicted octanol–water partition coefficient (Wildman–Crippen LogP) is 2.86. The van der Waals surface area contributed by atoms with Gasteiger partial charge in [-0.2, -0.15) is 0 Å². The van der Waals surface area contributed by atoms with E-state index in [2.05, 4.69) is 10.3 Å². The van der Waals surface area contributed by atoms with E-state index in [0.717, 1.165) is 5.56 Å². The molecule has 2 aromatic rings. The molecule has 7 nitrogen and oxygen atoms in total. The Balaban J connectivity index is 1.42. The van der Waals surface area contributed by atoms with Gasteiger partial charge < -0.3 is 10.4 Å². The first-order valence-corrected chi connectivity index (χ1v) is 11.5. The fourth-order valence-corrected chi connectivity index (χ4v) is 5.72. The number of pyridine rings is 1. The molecule has 0 radical (unpaired) electrons. The topological polar surface area (TPSA) is 99.6 Å². The molecule has 1 aromatic carbocycles. The van der Waals surface area contributed by atoms with Crippen LogP contribution in [-0.4, -0.2) is 49.9 Å². The summed E-state index contributed by atoms with van der Waals surface area (Å²) in [6.45, 7) is 0. The lowest BCUT2D eigenvalue weighted by Crippen LogP contribution is -2.70. The van der Waals surface area contributed by atoms with E-state index >= 15 is 0 Å². The number of aliphatic carboxylic acids is 1. The molecule has 0 unspecified atom stereocenters. The van der Waals surface area contributed by atoms with Crippen LogP contribution in [0.2, 0.25) is 0 Å². The van der Waals surface area contributed by atoms with E-state index in [9.17, 15) is 23.9 Å². The number of carbonyl (C=O) groups excluding carboxylic acids is 2. The number of benzene rings is 1. The summed E-state index contributed by atoms with van der Waals surface area (Å²) < 4.78 is 13.0. The second-order valence-electron chi connectivity index (χ2n) is 7.04. The maximum Gasteiger partial charge on any atom is 0.353 e. The molecule has 3 heterocycles. The highest BCUT2D eigenvalue weighted by molar-refractivity contribution is 8.08. The molecule has 1 fully saturated rings. The average Bonchev–Trinajstić information content (AvgIpc) is 2.79. The molecule has 0 saturated carbocycles. The highest BCUT2D eigenvalue weighted by Gasteiger charge is 2.54. The Labute approximate surface area is 191 Å². The lowest BCUT2D eigenvalue weighted by atomic mass is 10.0. The minimum absolute atomic E-state index is 0.00329. The van der Waals surface area contributed by atoms with Crippen LogP contribution in [0.15, 0.2) is 64.8 Å². The normalized spacial score (nSPS) is 20.2. The van der Waals surface area contributed by atoms with Crippen molar-refractivity contribution in [3.05, 3.63) is 81.7 Å². The first kappa shape index (κ1) is 22.1. The van der Waals surface area contributed by atoms with Crippen molar-refractivity contribution < 1.29 is 23.9 Å². The molecule has 1 saturated heterocycles. The van der Waals surface area contributed by atoms with Crippen molar-refractivity contribution in [2.75, 3.05) is 5.75 Å². The molecule has 4 rings (SSSR count). The first-order valence-electron chi connectivity index (χ1n) is 9.62. The van der Waals surface area contributed by atoms with Crippen LogP contribution in [0.5, 0.6) is 0 Å². The number of carboxylic acid groups (broad SMARTS) is 1. The van der Waals surface area contributed by atoms with Crippen LogP contribution in [-0.2, 0) is 20.8 Å². The number of amides is 2. The summed E-state index contributed by atoms with van der Waals surface area (Å²) in [6, 6.07) is 8.43. The summed E-state index contributed by atoms with van der Waals surface area (Å²) in [5.41, 5.74) is 1.44. The monoisotopic (exact) mass is 471 g/mol. The predicted molar refractivity (Wildman–Crippen MR) is 121 cm³/mol. The van der Waals surface area contributed by atoms with Crippen molar-refractivity contribution in [3.63, 3.8) is 0 Å². The van der Waals surface area contributed by atoms with Gasteiger partial charge in [0.2, 0.25) is 5.91 Å². The van der Waals surface area contributed by atoms with Crippen molar-refractivity contribution >= 4 is 47.4 Å². The Morgan fingerprint density at radius 3 is 2.78 bits per heavy atom. The minimum Gasteiger partial charge on any atom is -0.477 e. The van der Waals surface area contributed by atoms with Crippen molar-refractivity contribution in [1.82, 2.24) is 15.2 Å². The maximum absolute atomic E-state index is 13.0. The minimum atomic E-state index is -1.18. The van der Waals surface area contributed by atoms with Gasteiger partial charge in [-0.15, -0.1) is 11.8 Å². The molecule has 32 heavy (non-hydrogen) atoms. The number of fused-ring (bicyclic) bond motifs is 1. The largest absolute Gasteiger partial charge is 0.477 e. The smallest absolute Gasteiger partial charge is 0.353 e. The number of aromatic nitrogens is 1. The van der Waals surface area contributed by atoms with Crippen molar-refractivity contribution in [1.29, 1.82) is 0 Å².